The van der Waals surface area contributed by atoms with Gasteiger partial charge < -0.3 is 10.1 Å². The predicted octanol–water partition coefficient (Wildman–Crippen LogP) is 0.763. The summed E-state index contributed by atoms with van der Waals surface area (Å²) in [7, 11) is 1.44. The maximum atomic E-state index is 11.3. The monoisotopic (exact) mass is 226 g/mol. The molecule has 16 heavy (non-hydrogen) atoms. The van der Waals surface area contributed by atoms with E-state index in [2.05, 4.69) is 17.1 Å². The molecule has 0 spiro atoms. The molecule has 0 aromatic carbocycles. The molecule has 2 fully saturated rings. The average Bonchev–Trinajstić information content (AvgIpc) is 3.03. The molecule has 1 aliphatic heterocycles. The highest BCUT2D eigenvalue weighted by molar-refractivity contribution is 5.75. The van der Waals surface area contributed by atoms with E-state index < -0.39 is 0 Å². The molecule has 3 atom stereocenters. The molecule has 0 bridgehead atoms. The molecule has 2 unspecified atom stereocenters. The highest BCUT2D eigenvalue weighted by atomic mass is 16.5. The summed E-state index contributed by atoms with van der Waals surface area (Å²) in [6.45, 7) is 5.23. The number of rotatable bonds is 4. The van der Waals surface area contributed by atoms with Crippen LogP contribution in [-0.2, 0) is 9.53 Å². The van der Waals surface area contributed by atoms with Crippen molar-refractivity contribution in [1.82, 2.24) is 10.2 Å². The van der Waals surface area contributed by atoms with E-state index in [1.54, 1.807) is 0 Å². The van der Waals surface area contributed by atoms with Crippen molar-refractivity contribution in [2.45, 2.75) is 57.3 Å². The largest absolute Gasteiger partial charge is 0.468 e. The Morgan fingerprint density at radius 1 is 1.50 bits per heavy atom. The van der Waals surface area contributed by atoms with Gasteiger partial charge in [-0.2, -0.15) is 0 Å². The van der Waals surface area contributed by atoms with Crippen LogP contribution < -0.4 is 5.32 Å². The summed E-state index contributed by atoms with van der Waals surface area (Å²) in [4.78, 5) is 13.9. The van der Waals surface area contributed by atoms with E-state index in [4.69, 9.17) is 4.74 Å². The fourth-order valence-corrected chi connectivity index (χ4v) is 2.69. The summed E-state index contributed by atoms with van der Waals surface area (Å²) in [6, 6.07) is 1.70. The van der Waals surface area contributed by atoms with Gasteiger partial charge in [0.1, 0.15) is 6.04 Å². The molecule has 1 saturated carbocycles. The van der Waals surface area contributed by atoms with Crippen molar-refractivity contribution >= 4 is 5.97 Å². The van der Waals surface area contributed by atoms with Gasteiger partial charge in [0.2, 0.25) is 0 Å². The maximum Gasteiger partial charge on any atom is 0.322 e. The Morgan fingerprint density at radius 2 is 2.19 bits per heavy atom. The lowest BCUT2D eigenvalue weighted by Crippen LogP contribution is -2.43. The van der Waals surface area contributed by atoms with E-state index in [0.717, 1.165) is 19.0 Å². The molecular weight excluding hydrogens is 204 g/mol. The standard InChI is InChI=1S/C12H22N2O2/c1-8-6-10(7-14(8)11-4-5-11)13-9(2)12(15)16-3/h8-11,13H,4-7H2,1-3H3/t8?,9-,10?/m0/s1. The predicted molar refractivity (Wildman–Crippen MR) is 62.2 cm³/mol. The molecular formula is C12H22N2O2. The Bertz CT molecular complexity index is 266. The zero-order chi connectivity index (χ0) is 11.7. The zero-order valence-corrected chi connectivity index (χ0v) is 10.4. The zero-order valence-electron chi connectivity index (χ0n) is 10.4. The average molecular weight is 226 g/mol. The number of methoxy groups -OCH3 is 1. The van der Waals surface area contributed by atoms with Crippen LogP contribution >= 0.6 is 0 Å². The fraction of sp³-hybridized carbons (Fsp3) is 0.917. The van der Waals surface area contributed by atoms with Crippen molar-refractivity contribution in [3.63, 3.8) is 0 Å². The van der Waals surface area contributed by atoms with Gasteiger partial charge in [-0.3, -0.25) is 9.69 Å². The summed E-state index contributed by atoms with van der Waals surface area (Å²) >= 11 is 0. The summed E-state index contributed by atoms with van der Waals surface area (Å²) in [6.07, 6.45) is 3.84. The van der Waals surface area contributed by atoms with Gasteiger partial charge in [0.25, 0.3) is 0 Å². The van der Waals surface area contributed by atoms with Crippen LogP contribution in [0.2, 0.25) is 0 Å². The van der Waals surface area contributed by atoms with Crippen molar-refractivity contribution in [3.05, 3.63) is 0 Å². The molecule has 0 amide bonds. The molecule has 0 aromatic heterocycles. The van der Waals surface area contributed by atoms with Crippen LogP contribution in [0.15, 0.2) is 0 Å². The van der Waals surface area contributed by atoms with Gasteiger partial charge >= 0.3 is 5.97 Å². The van der Waals surface area contributed by atoms with E-state index >= 15 is 0 Å². The molecule has 1 aliphatic carbocycles. The highest BCUT2D eigenvalue weighted by Gasteiger charge is 2.39. The summed E-state index contributed by atoms with van der Waals surface area (Å²) in [5.74, 6) is -0.169. The van der Waals surface area contributed by atoms with Crippen LogP contribution in [0.3, 0.4) is 0 Å². The van der Waals surface area contributed by atoms with Crippen molar-refractivity contribution in [1.29, 1.82) is 0 Å². The molecule has 92 valence electrons. The Labute approximate surface area is 97.3 Å². The number of hydrogen-bond acceptors (Lipinski definition) is 4. The SMILES string of the molecule is COC(=O)[C@H](C)NC1CC(C)N(C2CC2)C1. The molecule has 1 heterocycles. The lowest BCUT2D eigenvalue weighted by molar-refractivity contribution is -0.142. The summed E-state index contributed by atoms with van der Waals surface area (Å²) in [5, 5.41) is 3.36. The Balaban J connectivity index is 1.81. The second-order valence-electron chi connectivity index (χ2n) is 5.12. The van der Waals surface area contributed by atoms with Crippen molar-refractivity contribution in [3.8, 4) is 0 Å². The van der Waals surface area contributed by atoms with Crippen LogP contribution in [0.1, 0.15) is 33.1 Å². The lowest BCUT2D eigenvalue weighted by Gasteiger charge is -2.20. The van der Waals surface area contributed by atoms with Gasteiger partial charge in [-0.05, 0) is 33.1 Å². The Hall–Kier alpha value is -0.610. The minimum Gasteiger partial charge on any atom is -0.468 e. The number of nitrogens with zero attached hydrogens (tertiary/aromatic N) is 1. The number of hydrogen-bond donors (Lipinski definition) is 1. The van der Waals surface area contributed by atoms with Gasteiger partial charge in [0.05, 0.1) is 7.11 Å². The van der Waals surface area contributed by atoms with Crippen molar-refractivity contribution in [2.75, 3.05) is 13.7 Å². The molecule has 4 heteroatoms. The van der Waals surface area contributed by atoms with E-state index in [0.29, 0.717) is 12.1 Å². The number of nitrogens with one attached hydrogen (secondary N) is 1. The normalized spacial score (nSPS) is 32.7. The van der Waals surface area contributed by atoms with Crippen LogP contribution in [0.4, 0.5) is 0 Å². The minimum atomic E-state index is -0.193. The van der Waals surface area contributed by atoms with E-state index in [1.165, 1.54) is 20.0 Å². The molecule has 0 radical (unpaired) electrons. The number of esters is 1. The molecule has 1 saturated heterocycles. The second kappa shape index (κ2) is 4.72. The summed E-state index contributed by atoms with van der Waals surface area (Å²) < 4.78 is 4.72. The van der Waals surface area contributed by atoms with Gasteiger partial charge in [-0.1, -0.05) is 0 Å². The second-order valence-corrected chi connectivity index (χ2v) is 5.12. The van der Waals surface area contributed by atoms with Crippen LogP contribution in [0.5, 0.6) is 0 Å². The summed E-state index contributed by atoms with van der Waals surface area (Å²) in [5.41, 5.74) is 0. The molecule has 4 nitrogen and oxygen atoms in total. The maximum absolute atomic E-state index is 11.3. The first kappa shape index (κ1) is 11.9. The minimum absolute atomic E-state index is 0.169. The number of ether oxygens (including phenoxy) is 1. The van der Waals surface area contributed by atoms with Gasteiger partial charge in [0.15, 0.2) is 0 Å². The van der Waals surface area contributed by atoms with Crippen molar-refractivity contribution < 1.29 is 9.53 Å². The van der Waals surface area contributed by atoms with E-state index in [1.807, 2.05) is 6.92 Å². The van der Waals surface area contributed by atoms with E-state index in [-0.39, 0.29) is 12.0 Å². The molecule has 0 aromatic rings. The Kier molecular flexibility index (Phi) is 3.50. The quantitative estimate of drug-likeness (QED) is 0.719. The third-order valence-corrected chi connectivity index (χ3v) is 3.68. The van der Waals surface area contributed by atoms with Crippen LogP contribution in [0.25, 0.3) is 0 Å². The third kappa shape index (κ3) is 2.55. The van der Waals surface area contributed by atoms with Crippen molar-refractivity contribution in [2.24, 2.45) is 0 Å². The molecule has 1 N–H and O–H groups in total. The topological polar surface area (TPSA) is 41.6 Å². The van der Waals surface area contributed by atoms with Crippen LogP contribution in [-0.4, -0.2) is 48.7 Å². The van der Waals surface area contributed by atoms with Gasteiger partial charge in [-0.15, -0.1) is 0 Å². The number of likely N-dealkylation sites (tertiary alicyclic amines) is 1. The van der Waals surface area contributed by atoms with Gasteiger partial charge in [-0.25, -0.2) is 0 Å². The smallest absolute Gasteiger partial charge is 0.322 e. The highest BCUT2D eigenvalue weighted by Crippen LogP contribution is 2.33. The van der Waals surface area contributed by atoms with Gasteiger partial charge in [0, 0.05) is 24.7 Å². The lowest BCUT2D eigenvalue weighted by atomic mass is 10.1. The third-order valence-electron chi connectivity index (χ3n) is 3.68. The Morgan fingerprint density at radius 3 is 2.75 bits per heavy atom. The van der Waals surface area contributed by atoms with E-state index in [9.17, 15) is 4.79 Å². The molecule has 2 aliphatic rings. The number of carbonyl (C=O) groups is 1. The number of carbonyl (C=O) groups excluding carboxylic acids is 1. The molecule has 2 rings (SSSR count). The first-order valence-electron chi connectivity index (χ1n) is 6.21. The first-order chi connectivity index (χ1) is 7.61. The first-order valence-corrected chi connectivity index (χ1v) is 6.21. The fourth-order valence-electron chi connectivity index (χ4n) is 2.69. The van der Waals surface area contributed by atoms with Crippen LogP contribution in [0, 0.1) is 0 Å².